The Kier molecular flexibility index (Phi) is 6.16. The van der Waals surface area contributed by atoms with Crippen molar-refractivity contribution in [1.82, 2.24) is 0 Å². The molecule has 4 aromatic carbocycles. The number of benzene rings is 4. The van der Waals surface area contributed by atoms with Crippen molar-refractivity contribution in [2.45, 2.75) is 0 Å². The summed E-state index contributed by atoms with van der Waals surface area (Å²) in [5.41, 5.74) is 3.63. The summed E-state index contributed by atoms with van der Waals surface area (Å²) in [5.74, 6) is -1.55. The average Bonchev–Trinajstić information content (AvgIpc) is 2.85. The molecule has 5 nitrogen and oxygen atoms in total. The lowest BCUT2D eigenvalue weighted by Crippen LogP contribution is -2.12. The molecule has 0 aromatic heterocycles. The number of carbonyl (C=O) groups excluding carboxylic acids is 2. The molecule has 0 spiro atoms. The highest BCUT2D eigenvalue weighted by Crippen LogP contribution is 2.25. The fourth-order valence-corrected chi connectivity index (χ4v) is 3.23. The highest BCUT2D eigenvalue weighted by Gasteiger charge is 2.18. The van der Waals surface area contributed by atoms with Gasteiger partial charge in [0.15, 0.2) is 0 Å². The molecule has 0 aliphatic rings. The van der Waals surface area contributed by atoms with Crippen LogP contribution >= 0.6 is 0 Å². The van der Waals surface area contributed by atoms with E-state index in [1.165, 1.54) is 0 Å². The zero-order valence-corrected chi connectivity index (χ0v) is 16.4. The van der Waals surface area contributed by atoms with Gasteiger partial charge < -0.3 is 0 Å². The van der Waals surface area contributed by atoms with Crippen molar-refractivity contribution in [3.8, 4) is 22.3 Å². The maximum Gasteiger partial charge on any atom is 0.378 e. The minimum Gasteiger partial charge on any atom is -0.254 e. The molecule has 0 atom stereocenters. The minimum atomic E-state index is -0.774. The molecule has 0 saturated carbocycles. The third-order valence-electron chi connectivity index (χ3n) is 4.68. The second-order valence-electron chi connectivity index (χ2n) is 6.63. The molecule has 0 fully saturated rings. The Balaban J connectivity index is 1.45. The van der Waals surface area contributed by atoms with Crippen LogP contribution in [0.15, 0.2) is 109 Å². The van der Waals surface area contributed by atoms with E-state index in [0.29, 0.717) is 11.1 Å². The number of carbonyl (C=O) groups is 2. The van der Waals surface area contributed by atoms with E-state index in [2.05, 4.69) is 5.04 Å². The summed E-state index contributed by atoms with van der Waals surface area (Å²) in [6.07, 6.45) is 0. The molecule has 0 amide bonds. The van der Waals surface area contributed by atoms with Gasteiger partial charge in [0.05, 0.1) is 11.1 Å². The minimum absolute atomic E-state index is 0.287. The van der Waals surface area contributed by atoms with Crippen LogP contribution in [0.2, 0.25) is 0 Å². The summed E-state index contributed by atoms with van der Waals surface area (Å²) < 4.78 is 0. The molecule has 0 radical (unpaired) electrons. The summed E-state index contributed by atoms with van der Waals surface area (Å²) in [6, 6.07) is 32.7. The van der Waals surface area contributed by atoms with Gasteiger partial charge in [-0.25, -0.2) is 9.59 Å². The van der Waals surface area contributed by atoms with Crippen LogP contribution in [-0.4, -0.2) is 11.9 Å². The lowest BCUT2D eigenvalue weighted by atomic mass is 10.00. The summed E-state index contributed by atoms with van der Waals surface area (Å²) in [6.45, 7) is 0. The van der Waals surface area contributed by atoms with Crippen molar-refractivity contribution in [3.63, 3.8) is 0 Å². The van der Waals surface area contributed by atoms with Gasteiger partial charge in [0.2, 0.25) is 0 Å². The average molecular weight is 410 g/mol. The van der Waals surface area contributed by atoms with Crippen LogP contribution in [0.4, 0.5) is 0 Å². The largest absolute Gasteiger partial charge is 0.378 e. The van der Waals surface area contributed by atoms with Crippen molar-refractivity contribution in [1.29, 1.82) is 0 Å². The Morgan fingerprint density at radius 3 is 1.23 bits per heavy atom. The van der Waals surface area contributed by atoms with Crippen LogP contribution in [0.5, 0.6) is 0 Å². The summed E-state index contributed by atoms with van der Waals surface area (Å²) in [7, 11) is 0. The van der Waals surface area contributed by atoms with Crippen molar-refractivity contribution in [2.24, 2.45) is 0 Å². The lowest BCUT2D eigenvalue weighted by Gasteiger charge is -2.09. The van der Waals surface area contributed by atoms with Crippen molar-refractivity contribution in [3.05, 3.63) is 120 Å². The predicted molar refractivity (Wildman–Crippen MR) is 116 cm³/mol. The molecular weight excluding hydrogens is 392 g/mol. The molecular formula is C26H18O5. The molecule has 0 heterocycles. The smallest absolute Gasteiger partial charge is 0.254 e. The van der Waals surface area contributed by atoms with Crippen LogP contribution < -0.4 is 0 Å². The zero-order chi connectivity index (χ0) is 21.5. The molecule has 0 unspecified atom stereocenters. The van der Waals surface area contributed by atoms with E-state index in [0.717, 1.165) is 11.1 Å². The Morgan fingerprint density at radius 1 is 0.452 bits per heavy atom. The molecule has 0 N–H and O–H groups in total. The molecule has 5 heteroatoms. The van der Waals surface area contributed by atoms with Gasteiger partial charge in [0.25, 0.3) is 0 Å². The second kappa shape index (κ2) is 9.52. The Bertz CT molecular complexity index is 1090. The quantitative estimate of drug-likeness (QED) is 0.293. The van der Waals surface area contributed by atoms with E-state index in [1.54, 1.807) is 36.4 Å². The molecule has 0 aliphatic heterocycles. The number of hydrogen-bond acceptors (Lipinski definition) is 5. The van der Waals surface area contributed by atoms with E-state index in [1.807, 2.05) is 72.8 Å². The maximum atomic E-state index is 12.5. The van der Waals surface area contributed by atoms with Gasteiger partial charge in [-0.2, -0.15) is 0 Å². The number of rotatable bonds is 6. The van der Waals surface area contributed by atoms with Crippen LogP contribution in [0, 0.1) is 0 Å². The highest BCUT2D eigenvalue weighted by atomic mass is 17.5. The monoisotopic (exact) mass is 410 g/mol. The van der Waals surface area contributed by atoms with Gasteiger partial charge in [-0.3, -0.25) is 9.78 Å². The van der Waals surface area contributed by atoms with Gasteiger partial charge in [-0.1, -0.05) is 97.1 Å². The Morgan fingerprint density at radius 2 is 0.806 bits per heavy atom. The van der Waals surface area contributed by atoms with E-state index >= 15 is 0 Å². The first-order valence-corrected chi connectivity index (χ1v) is 9.63. The number of hydrogen-bond donors (Lipinski definition) is 0. The maximum absolute atomic E-state index is 12.5. The molecule has 0 aliphatic carbocycles. The first kappa shape index (κ1) is 20.1. The summed E-state index contributed by atoms with van der Waals surface area (Å²) in [5, 5.41) is 4.55. The van der Waals surface area contributed by atoms with Gasteiger partial charge in [-0.05, 0) is 34.4 Å². The fraction of sp³-hybridized carbons (Fsp3) is 0. The van der Waals surface area contributed by atoms with E-state index in [-0.39, 0.29) is 11.1 Å². The zero-order valence-electron chi connectivity index (χ0n) is 16.4. The molecule has 152 valence electrons. The molecule has 4 aromatic rings. The normalized spacial score (nSPS) is 10.3. The van der Waals surface area contributed by atoms with Crippen LogP contribution in [-0.2, 0) is 14.8 Å². The van der Waals surface area contributed by atoms with Crippen molar-refractivity contribution < 1.29 is 24.4 Å². The SMILES string of the molecule is O=C(OOOC(=O)c1ccccc1-c1ccccc1)c1ccccc1-c1ccccc1. The summed E-state index contributed by atoms with van der Waals surface area (Å²) >= 11 is 0. The third-order valence-corrected chi connectivity index (χ3v) is 4.68. The molecule has 31 heavy (non-hydrogen) atoms. The van der Waals surface area contributed by atoms with Gasteiger partial charge in [0.1, 0.15) is 0 Å². The van der Waals surface area contributed by atoms with Crippen molar-refractivity contribution in [2.75, 3.05) is 0 Å². The van der Waals surface area contributed by atoms with Gasteiger partial charge in [0, 0.05) is 5.04 Å². The van der Waals surface area contributed by atoms with Gasteiger partial charge in [-0.15, -0.1) is 0 Å². The predicted octanol–water partition coefficient (Wildman–Crippen LogP) is 5.88. The Labute approximate surface area is 179 Å². The molecule has 0 bridgehead atoms. The fourth-order valence-electron chi connectivity index (χ4n) is 3.23. The summed E-state index contributed by atoms with van der Waals surface area (Å²) in [4.78, 5) is 34.5. The van der Waals surface area contributed by atoms with Crippen molar-refractivity contribution >= 4 is 11.9 Å². The van der Waals surface area contributed by atoms with E-state index < -0.39 is 11.9 Å². The lowest BCUT2D eigenvalue weighted by molar-refractivity contribution is -0.446. The second-order valence-corrected chi connectivity index (χ2v) is 6.63. The first-order valence-electron chi connectivity index (χ1n) is 9.63. The topological polar surface area (TPSA) is 61.8 Å². The molecule has 4 rings (SSSR count). The standard InChI is InChI=1S/C26H18O5/c27-25(23-17-9-7-15-21(23)19-11-3-1-4-12-19)29-31-30-26(28)24-18-10-8-16-22(24)20-13-5-2-6-14-20/h1-18H. The molecule has 0 saturated heterocycles. The van der Waals surface area contributed by atoms with Crippen LogP contribution in [0.3, 0.4) is 0 Å². The van der Waals surface area contributed by atoms with E-state index in [9.17, 15) is 9.59 Å². The Hall–Kier alpha value is -4.22. The van der Waals surface area contributed by atoms with Crippen LogP contribution in [0.1, 0.15) is 20.7 Å². The third kappa shape index (κ3) is 4.69. The van der Waals surface area contributed by atoms with E-state index in [4.69, 9.17) is 9.78 Å². The van der Waals surface area contributed by atoms with Gasteiger partial charge >= 0.3 is 11.9 Å². The first-order chi connectivity index (χ1) is 15.2. The highest BCUT2D eigenvalue weighted by molar-refractivity contribution is 5.98. The van der Waals surface area contributed by atoms with Crippen LogP contribution in [0.25, 0.3) is 22.3 Å².